The molecule has 0 amide bonds. The van der Waals surface area contributed by atoms with Crippen molar-refractivity contribution < 1.29 is 4.42 Å². The van der Waals surface area contributed by atoms with Gasteiger partial charge in [-0.1, -0.05) is 12.1 Å². The van der Waals surface area contributed by atoms with E-state index in [9.17, 15) is 0 Å². The normalized spacial score (nSPS) is 10.4. The number of aromatic nitrogens is 1. The quantitative estimate of drug-likeness (QED) is 0.837. The van der Waals surface area contributed by atoms with Gasteiger partial charge in [0, 0.05) is 11.4 Å². The van der Waals surface area contributed by atoms with Crippen LogP contribution < -0.4 is 5.73 Å². The summed E-state index contributed by atoms with van der Waals surface area (Å²) in [7, 11) is 0. The van der Waals surface area contributed by atoms with Gasteiger partial charge in [0.05, 0.1) is 6.20 Å². The standard InChI is InChI=1S/C10H10N2OS/c11-7-8-1-3-9(4-2-8)14-10-12-5-6-13-10/h1-6H,7,11H2. The first-order valence-electron chi connectivity index (χ1n) is 4.25. The van der Waals surface area contributed by atoms with Crippen LogP contribution in [0.2, 0.25) is 0 Å². The Balaban J connectivity index is 2.10. The maximum atomic E-state index is 5.50. The average molecular weight is 206 g/mol. The van der Waals surface area contributed by atoms with Crippen LogP contribution >= 0.6 is 11.8 Å². The Hall–Kier alpha value is -1.26. The largest absolute Gasteiger partial charge is 0.440 e. The number of nitrogens with two attached hydrogens (primary N) is 1. The van der Waals surface area contributed by atoms with Gasteiger partial charge in [0.15, 0.2) is 0 Å². The smallest absolute Gasteiger partial charge is 0.260 e. The van der Waals surface area contributed by atoms with Crippen LogP contribution in [0.15, 0.2) is 51.3 Å². The fraction of sp³-hybridized carbons (Fsp3) is 0.100. The molecular formula is C10H10N2OS. The van der Waals surface area contributed by atoms with Gasteiger partial charge < -0.3 is 10.2 Å². The molecule has 0 spiro atoms. The Morgan fingerprint density at radius 3 is 2.64 bits per heavy atom. The van der Waals surface area contributed by atoms with Crippen LogP contribution in [-0.4, -0.2) is 4.98 Å². The van der Waals surface area contributed by atoms with Crippen LogP contribution in [-0.2, 0) is 6.54 Å². The minimum atomic E-state index is 0.573. The van der Waals surface area contributed by atoms with Crippen LogP contribution in [0, 0.1) is 0 Å². The van der Waals surface area contributed by atoms with E-state index in [1.807, 2.05) is 24.3 Å². The molecule has 3 nitrogen and oxygen atoms in total. The Bertz CT molecular complexity index is 383. The lowest BCUT2D eigenvalue weighted by Crippen LogP contribution is -1.94. The Morgan fingerprint density at radius 2 is 2.07 bits per heavy atom. The highest BCUT2D eigenvalue weighted by molar-refractivity contribution is 7.99. The molecular weight excluding hydrogens is 196 g/mol. The third kappa shape index (κ3) is 2.16. The lowest BCUT2D eigenvalue weighted by molar-refractivity contribution is 0.454. The lowest BCUT2D eigenvalue weighted by Gasteiger charge is -1.98. The maximum absolute atomic E-state index is 5.50. The first kappa shape index (κ1) is 9.30. The summed E-state index contributed by atoms with van der Waals surface area (Å²) >= 11 is 1.49. The molecule has 0 fully saturated rings. The lowest BCUT2D eigenvalue weighted by atomic mass is 10.2. The topological polar surface area (TPSA) is 52.0 Å². The van der Waals surface area contributed by atoms with Gasteiger partial charge in [0.1, 0.15) is 6.26 Å². The molecule has 4 heteroatoms. The van der Waals surface area contributed by atoms with E-state index >= 15 is 0 Å². The molecule has 14 heavy (non-hydrogen) atoms. The van der Waals surface area contributed by atoms with Crippen LogP contribution in [0.5, 0.6) is 0 Å². The van der Waals surface area contributed by atoms with E-state index in [-0.39, 0.29) is 0 Å². The van der Waals surface area contributed by atoms with Gasteiger partial charge in [0.25, 0.3) is 5.22 Å². The van der Waals surface area contributed by atoms with E-state index in [0.29, 0.717) is 11.8 Å². The van der Waals surface area contributed by atoms with Crippen molar-refractivity contribution in [3.05, 3.63) is 42.3 Å². The van der Waals surface area contributed by atoms with Crippen molar-refractivity contribution in [2.24, 2.45) is 5.73 Å². The second kappa shape index (κ2) is 4.30. The molecule has 0 saturated carbocycles. The van der Waals surface area contributed by atoms with Gasteiger partial charge in [-0.25, -0.2) is 4.98 Å². The van der Waals surface area contributed by atoms with Gasteiger partial charge in [-0.3, -0.25) is 0 Å². The van der Waals surface area contributed by atoms with Crippen LogP contribution in [0.4, 0.5) is 0 Å². The molecule has 1 aromatic heterocycles. The number of nitrogens with zero attached hydrogens (tertiary/aromatic N) is 1. The second-order valence-electron chi connectivity index (χ2n) is 2.75. The molecule has 0 radical (unpaired) electrons. The molecule has 0 unspecified atom stereocenters. The van der Waals surface area contributed by atoms with Crippen molar-refractivity contribution >= 4 is 11.8 Å². The van der Waals surface area contributed by atoms with Crippen molar-refractivity contribution in [1.82, 2.24) is 4.98 Å². The highest BCUT2D eigenvalue weighted by atomic mass is 32.2. The first-order valence-corrected chi connectivity index (χ1v) is 5.06. The van der Waals surface area contributed by atoms with Gasteiger partial charge in [-0.15, -0.1) is 0 Å². The number of rotatable bonds is 3. The number of hydrogen-bond donors (Lipinski definition) is 1. The predicted molar refractivity (Wildman–Crippen MR) is 55.0 cm³/mol. The zero-order valence-electron chi connectivity index (χ0n) is 7.51. The fourth-order valence-corrected chi connectivity index (χ4v) is 1.75. The Labute approximate surface area is 86.3 Å². The zero-order chi connectivity index (χ0) is 9.80. The molecule has 0 saturated heterocycles. The fourth-order valence-electron chi connectivity index (χ4n) is 1.06. The van der Waals surface area contributed by atoms with Crippen molar-refractivity contribution in [3.8, 4) is 0 Å². The van der Waals surface area contributed by atoms with E-state index in [1.54, 1.807) is 12.5 Å². The number of hydrogen-bond acceptors (Lipinski definition) is 4. The van der Waals surface area contributed by atoms with Crippen molar-refractivity contribution in [2.75, 3.05) is 0 Å². The van der Waals surface area contributed by atoms with Crippen LogP contribution in [0.25, 0.3) is 0 Å². The van der Waals surface area contributed by atoms with Gasteiger partial charge in [0.2, 0.25) is 0 Å². The second-order valence-corrected chi connectivity index (χ2v) is 3.77. The molecule has 72 valence electrons. The van der Waals surface area contributed by atoms with Crippen molar-refractivity contribution in [1.29, 1.82) is 0 Å². The summed E-state index contributed by atoms with van der Waals surface area (Å²) in [4.78, 5) is 5.13. The van der Waals surface area contributed by atoms with Crippen molar-refractivity contribution in [2.45, 2.75) is 16.7 Å². The van der Waals surface area contributed by atoms with E-state index < -0.39 is 0 Å². The number of benzene rings is 1. The molecule has 0 aliphatic heterocycles. The predicted octanol–water partition coefficient (Wildman–Crippen LogP) is 2.28. The molecule has 0 aliphatic carbocycles. The van der Waals surface area contributed by atoms with E-state index in [0.717, 1.165) is 10.5 Å². The summed E-state index contributed by atoms with van der Waals surface area (Å²) in [6.07, 6.45) is 3.20. The summed E-state index contributed by atoms with van der Waals surface area (Å²) in [5, 5.41) is 0.658. The SMILES string of the molecule is NCc1ccc(Sc2ncco2)cc1. The minimum Gasteiger partial charge on any atom is -0.440 e. The maximum Gasteiger partial charge on any atom is 0.260 e. The zero-order valence-corrected chi connectivity index (χ0v) is 8.33. The highest BCUT2D eigenvalue weighted by Crippen LogP contribution is 2.25. The minimum absolute atomic E-state index is 0.573. The summed E-state index contributed by atoms with van der Waals surface area (Å²) < 4.78 is 5.12. The van der Waals surface area contributed by atoms with E-state index in [2.05, 4.69) is 4.98 Å². The van der Waals surface area contributed by atoms with E-state index in [4.69, 9.17) is 10.2 Å². The Kier molecular flexibility index (Phi) is 2.86. The van der Waals surface area contributed by atoms with Crippen molar-refractivity contribution in [3.63, 3.8) is 0 Å². The monoisotopic (exact) mass is 206 g/mol. The highest BCUT2D eigenvalue weighted by Gasteiger charge is 2.00. The number of oxazole rings is 1. The summed E-state index contributed by atoms with van der Waals surface area (Å²) in [5.74, 6) is 0. The summed E-state index contributed by atoms with van der Waals surface area (Å²) in [5.41, 5.74) is 6.62. The van der Waals surface area contributed by atoms with Crippen LogP contribution in [0.3, 0.4) is 0 Å². The third-order valence-electron chi connectivity index (χ3n) is 1.77. The molecule has 0 aliphatic rings. The molecule has 1 aromatic carbocycles. The van der Waals surface area contributed by atoms with E-state index in [1.165, 1.54) is 11.8 Å². The summed E-state index contributed by atoms with van der Waals surface area (Å²) in [6.45, 7) is 0.573. The summed E-state index contributed by atoms with van der Waals surface area (Å²) in [6, 6.07) is 8.03. The third-order valence-corrected chi connectivity index (χ3v) is 2.66. The van der Waals surface area contributed by atoms with Crippen LogP contribution in [0.1, 0.15) is 5.56 Å². The molecule has 0 bridgehead atoms. The molecule has 2 N–H and O–H groups in total. The van der Waals surface area contributed by atoms with Gasteiger partial charge in [-0.05, 0) is 29.5 Å². The molecule has 1 heterocycles. The van der Waals surface area contributed by atoms with Gasteiger partial charge >= 0.3 is 0 Å². The average Bonchev–Trinajstić information content (AvgIpc) is 2.72. The first-order chi connectivity index (χ1) is 6.88. The Morgan fingerprint density at radius 1 is 1.29 bits per heavy atom. The molecule has 2 rings (SSSR count). The van der Waals surface area contributed by atoms with Gasteiger partial charge in [-0.2, -0.15) is 0 Å². The molecule has 0 atom stereocenters. The molecule has 2 aromatic rings.